The van der Waals surface area contributed by atoms with E-state index < -0.39 is 0 Å². The van der Waals surface area contributed by atoms with Crippen LogP contribution in [-0.2, 0) is 0 Å². The molecule has 0 unspecified atom stereocenters. The van der Waals surface area contributed by atoms with Crippen LogP contribution in [0.3, 0.4) is 0 Å². The number of nitrogens with two attached hydrogens (primary N) is 1. The van der Waals surface area contributed by atoms with Gasteiger partial charge in [-0.15, -0.1) is 0 Å². The van der Waals surface area contributed by atoms with E-state index in [4.69, 9.17) is 5.73 Å². The van der Waals surface area contributed by atoms with Crippen molar-refractivity contribution in [2.24, 2.45) is 0 Å². The van der Waals surface area contributed by atoms with E-state index in [9.17, 15) is 0 Å². The molecular weight excluding hydrogens is 234 g/mol. The Morgan fingerprint density at radius 3 is 2.53 bits per heavy atom. The lowest BCUT2D eigenvalue weighted by Crippen LogP contribution is -2.10. The molecule has 2 N–H and O–H groups in total. The van der Waals surface area contributed by atoms with E-state index in [0.29, 0.717) is 0 Å². The number of hydrogen-bond acceptors (Lipinski definition) is 3. The van der Waals surface area contributed by atoms with Crippen LogP contribution in [0.1, 0.15) is 0 Å². The van der Waals surface area contributed by atoms with Gasteiger partial charge in [-0.05, 0) is 30.3 Å². The highest BCUT2D eigenvalue weighted by Crippen LogP contribution is 2.33. The van der Waals surface area contributed by atoms with Crippen molar-refractivity contribution in [1.82, 2.24) is 4.98 Å². The number of anilines is 3. The molecule has 0 fully saturated rings. The second kappa shape index (κ2) is 4.61. The Bertz CT molecular complexity index is 708. The van der Waals surface area contributed by atoms with Crippen molar-refractivity contribution in [3.63, 3.8) is 0 Å². The molecule has 19 heavy (non-hydrogen) atoms. The summed E-state index contributed by atoms with van der Waals surface area (Å²) in [5, 5.41) is 2.10. The number of hydrogen-bond donors (Lipinski definition) is 1. The minimum Gasteiger partial charge on any atom is -0.398 e. The number of fused-ring (bicyclic) bond motifs is 1. The van der Waals surface area contributed by atoms with Gasteiger partial charge in [0.2, 0.25) is 0 Å². The van der Waals surface area contributed by atoms with Crippen LogP contribution in [0.15, 0.2) is 60.9 Å². The molecule has 1 aromatic heterocycles. The maximum Gasteiger partial charge on any atom is 0.0504 e. The Morgan fingerprint density at radius 2 is 1.74 bits per heavy atom. The maximum atomic E-state index is 6.02. The third-order valence-corrected chi connectivity index (χ3v) is 3.33. The molecule has 0 atom stereocenters. The summed E-state index contributed by atoms with van der Waals surface area (Å²) in [7, 11) is 2.05. The molecule has 0 bridgehead atoms. The normalized spacial score (nSPS) is 10.6. The fourth-order valence-corrected chi connectivity index (χ4v) is 2.28. The zero-order valence-corrected chi connectivity index (χ0v) is 10.7. The van der Waals surface area contributed by atoms with E-state index in [1.165, 1.54) is 0 Å². The Kier molecular flexibility index (Phi) is 2.80. The number of para-hydroxylation sites is 1. The molecule has 0 saturated heterocycles. The first-order valence-electron chi connectivity index (χ1n) is 6.18. The molecule has 0 spiro atoms. The predicted molar refractivity (Wildman–Crippen MR) is 80.7 cm³/mol. The summed E-state index contributed by atoms with van der Waals surface area (Å²) in [6.45, 7) is 0. The molecule has 94 valence electrons. The molecule has 3 heteroatoms. The molecule has 2 aromatic carbocycles. The summed E-state index contributed by atoms with van der Waals surface area (Å²) >= 11 is 0. The van der Waals surface area contributed by atoms with Crippen LogP contribution in [0.5, 0.6) is 0 Å². The van der Waals surface area contributed by atoms with Gasteiger partial charge in [-0.3, -0.25) is 4.98 Å². The van der Waals surface area contributed by atoms with E-state index in [2.05, 4.69) is 22.0 Å². The number of pyridine rings is 1. The van der Waals surface area contributed by atoms with Gasteiger partial charge < -0.3 is 10.6 Å². The van der Waals surface area contributed by atoms with Crippen LogP contribution in [-0.4, -0.2) is 12.0 Å². The molecule has 0 radical (unpaired) electrons. The van der Waals surface area contributed by atoms with Crippen molar-refractivity contribution in [3.05, 3.63) is 60.9 Å². The third kappa shape index (κ3) is 1.99. The Balaban J connectivity index is 2.18. The molecule has 3 rings (SSSR count). The summed E-state index contributed by atoms with van der Waals surface area (Å²) in [5.74, 6) is 0. The van der Waals surface area contributed by atoms with Crippen molar-refractivity contribution >= 4 is 27.8 Å². The van der Waals surface area contributed by atoms with Gasteiger partial charge in [0.25, 0.3) is 0 Å². The maximum absolute atomic E-state index is 6.02. The Labute approximate surface area is 112 Å². The summed E-state index contributed by atoms with van der Waals surface area (Å²) in [6, 6.07) is 16.2. The number of aromatic nitrogens is 1. The largest absolute Gasteiger partial charge is 0.398 e. The van der Waals surface area contributed by atoms with Crippen molar-refractivity contribution in [2.45, 2.75) is 0 Å². The molecule has 0 aliphatic rings. The van der Waals surface area contributed by atoms with Gasteiger partial charge >= 0.3 is 0 Å². The van der Waals surface area contributed by atoms with Crippen LogP contribution in [0.2, 0.25) is 0 Å². The molecule has 3 aromatic rings. The van der Waals surface area contributed by atoms with Gasteiger partial charge in [0, 0.05) is 41.6 Å². The van der Waals surface area contributed by atoms with Crippen LogP contribution in [0.25, 0.3) is 10.8 Å². The number of nitrogens with zero attached hydrogens (tertiary/aromatic N) is 2. The summed E-state index contributed by atoms with van der Waals surface area (Å²) in [5.41, 5.74) is 9.03. The average Bonchev–Trinajstić information content (AvgIpc) is 2.48. The minimum atomic E-state index is 0.780. The van der Waals surface area contributed by atoms with E-state index >= 15 is 0 Å². The van der Waals surface area contributed by atoms with E-state index in [1.807, 2.05) is 49.6 Å². The van der Waals surface area contributed by atoms with Crippen molar-refractivity contribution < 1.29 is 0 Å². The van der Waals surface area contributed by atoms with Crippen LogP contribution in [0, 0.1) is 0 Å². The Hall–Kier alpha value is -2.55. The van der Waals surface area contributed by atoms with Crippen LogP contribution < -0.4 is 10.6 Å². The zero-order valence-electron chi connectivity index (χ0n) is 10.7. The molecule has 0 saturated carbocycles. The smallest absolute Gasteiger partial charge is 0.0504 e. The highest BCUT2D eigenvalue weighted by Gasteiger charge is 2.09. The van der Waals surface area contributed by atoms with Crippen LogP contribution >= 0.6 is 0 Å². The van der Waals surface area contributed by atoms with E-state index in [1.54, 1.807) is 6.20 Å². The first kappa shape index (κ1) is 11.5. The lowest BCUT2D eigenvalue weighted by molar-refractivity contribution is 1.22. The number of benzene rings is 2. The van der Waals surface area contributed by atoms with Gasteiger partial charge in [-0.25, -0.2) is 0 Å². The molecule has 3 nitrogen and oxygen atoms in total. The van der Waals surface area contributed by atoms with E-state index in [0.717, 1.165) is 27.8 Å². The van der Waals surface area contributed by atoms with Gasteiger partial charge in [0.15, 0.2) is 0 Å². The zero-order chi connectivity index (χ0) is 13.2. The monoisotopic (exact) mass is 249 g/mol. The average molecular weight is 249 g/mol. The minimum absolute atomic E-state index is 0.780. The first-order valence-corrected chi connectivity index (χ1v) is 6.18. The predicted octanol–water partition coefficient (Wildman–Crippen LogP) is 3.58. The SMILES string of the molecule is CN(c1ccccc1)c1ccc(N)c2ccncc12. The Morgan fingerprint density at radius 1 is 0.947 bits per heavy atom. The number of rotatable bonds is 2. The highest BCUT2D eigenvalue weighted by molar-refractivity contribution is 6.01. The lowest BCUT2D eigenvalue weighted by atomic mass is 10.1. The molecule has 0 aliphatic heterocycles. The van der Waals surface area contributed by atoms with Gasteiger partial charge in [-0.1, -0.05) is 18.2 Å². The van der Waals surface area contributed by atoms with Crippen molar-refractivity contribution in [1.29, 1.82) is 0 Å². The molecule has 0 amide bonds. The first-order chi connectivity index (χ1) is 9.27. The number of nitrogen functional groups attached to an aromatic ring is 1. The van der Waals surface area contributed by atoms with E-state index in [-0.39, 0.29) is 0 Å². The quantitative estimate of drug-likeness (QED) is 0.706. The standard InChI is InChI=1S/C16H15N3/c1-19(12-5-3-2-4-6-12)16-8-7-15(17)13-9-10-18-11-14(13)16/h2-11H,17H2,1H3. The molecular formula is C16H15N3. The van der Waals surface area contributed by atoms with Crippen molar-refractivity contribution in [2.75, 3.05) is 17.7 Å². The second-order valence-electron chi connectivity index (χ2n) is 4.49. The van der Waals surface area contributed by atoms with Gasteiger partial charge in [-0.2, -0.15) is 0 Å². The van der Waals surface area contributed by atoms with Crippen molar-refractivity contribution in [3.8, 4) is 0 Å². The second-order valence-corrected chi connectivity index (χ2v) is 4.49. The highest BCUT2D eigenvalue weighted by atomic mass is 15.1. The fraction of sp³-hybridized carbons (Fsp3) is 0.0625. The van der Waals surface area contributed by atoms with Gasteiger partial charge in [0.1, 0.15) is 0 Å². The summed E-state index contributed by atoms with van der Waals surface area (Å²) < 4.78 is 0. The van der Waals surface area contributed by atoms with Gasteiger partial charge in [0.05, 0.1) is 5.69 Å². The summed E-state index contributed by atoms with van der Waals surface area (Å²) in [4.78, 5) is 6.35. The molecule has 0 aliphatic carbocycles. The third-order valence-electron chi connectivity index (χ3n) is 3.33. The fourth-order valence-electron chi connectivity index (χ4n) is 2.28. The summed E-state index contributed by atoms with van der Waals surface area (Å²) in [6.07, 6.45) is 3.63. The topological polar surface area (TPSA) is 42.1 Å². The molecule has 1 heterocycles. The lowest BCUT2D eigenvalue weighted by Gasteiger charge is -2.21. The van der Waals surface area contributed by atoms with Crippen LogP contribution in [0.4, 0.5) is 17.1 Å².